The van der Waals surface area contributed by atoms with Crippen LogP contribution in [0.15, 0.2) is 53.8 Å². The SMILES string of the molecule is O=C(/C=N\OCC(=O)c1c[nH]c2ccccc12)Nc1ccc(Cl)c(Cl)c1. The number of anilines is 1. The Morgan fingerprint density at radius 3 is 2.77 bits per heavy atom. The van der Waals surface area contributed by atoms with E-state index in [2.05, 4.69) is 15.5 Å². The number of carbonyl (C=O) groups is 2. The molecule has 1 heterocycles. The molecule has 0 aliphatic heterocycles. The second-order valence-electron chi connectivity index (χ2n) is 5.30. The van der Waals surface area contributed by atoms with Crippen LogP contribution in [0.25, 0.3) is 10.9 Å². The molecule has 0 bridgehead atoms. The van der Waals surface area contributed by atoms with Crippen molar-refractivity contribution in [3.63, 3.8) is 0 Å². The number of hydrogen-bond acceptors (Lipinski definition) is 4. The molecule has 1 aromatic heterocycles. The van der Waals surface area contributed by atoms with Crippen LogP contribution in [-0.4, -0.2) is 29.5 Å². The number of aromatic nitrogens is 1. The Balaban J connectivity index is 1.53. The summed E-state index contributed by atoms with van der Waals surface area (Å²) in [5.41, 5.74) is 1.84. The molecule has 0 aliphatic carbocycles. The maximum absolute atomic E-state index is 12.2. The van der Waals surface area contributed by atoms with Gasteiger partial charge in [-0.3, -0.25) is 9.59 Å². The average Bonchev–Trinajstić information content (AvgIpc) is 3.06. The van der Waals surface area contributed by atoms with E-state index in [1.54, 1.807) is 18.3 Å². The highest BCUT2D eigenvalue weighted by Crippen LogP contribution is 2.24. The molecule has 3 rings (SSSR count). The molecule has 2 aromatic carbocycles. The van der Waals surface area contributed by atoms with Gasteiger partial charge in [0.15, 0.2) is 6.61 Å². The molecule has 3 aromatic rings. The minimum absolute atomic E-state index is 0.246. The number of nitrogens with zero attached hydrogens (tertiary/aromatic N) is 1. The number of H-pyrrole nitrogens is 1. The second kappa shape index (κ2) is 8.03. The van der Waals surface area contributed by atoms with Gasteiger partial charge in [-0.05, 0) is 24.3 Å². The summed E-state index contributed by atoms with van der Waals surface area (Å²) >= 11 is 11.7. The summed E-state index contributed by atoms with van der Waals surface area (Å²) in [4.78, 5) is 31.9. The van der Waals surface area contributed by atoms with Crippen LogP contribution < -0.4 is 5.32 Å². The van der Waals surface area contributed by atoms with Crippen molar-refractivity contribution in [1.82, 2.24) is 4.98 Å². The van der Waals surface area contributed by atoms with Crippen LogP contribution in [0, 0.1) is 0 Å². The Morgan fingerprint density at radius 1 is 1.15 bits per heavy atom. The Labute approximate surface area is 158 Å². The number of nitrogens with one attached hydrogen (secondary N) is 2. The van der Waals surface area contributed by atoms with Crippen molar-refractivity contribution in [1.29, 1.82) is 0 Å². The molecule has 132 valence electrons. The topological polar surface area (TPSA) is 83.5 Å². The zero-order valence-corrected chi connectivity index (χ0v) is 14.8. The highest BCUT2D eigenvalue weighted by Gasteiger charge is 2.12. The van der Waals surface area contributed by atoms with E-state index in [0.29, 0.717) is 21.3 Å². The lowest BCUT2D eigenvalue weighted by atomic mass is 10.1. The first-order valence-electron chi connectivity index (χ1n) is 7.55. The molecule has 0 unspecified atom stereocenters. The first kappa shape index (κ1) is 18.0. The number of amides is 1. The van der Waals surface area contributed by atoms with Crippen LogP contribution in [0.3, 0.4) is 0 Å². The van der Waals surface area contributed by atoms with Gasteiger partial charge in [0.05, 0.1) is 10.0 Å². The van der Waals surface area contributed by atoms with E-state index in [1.165, 1.54) is 6.07 Å². The summed E-state index contributed by atoms with van der Waals surface area (Å²) in [5.74, 6) is -0.771. The van der Waals surface area contributed by atoms with Crippen molar-refractivity contribution in [2.75, 3.05) is 11.9 Å². The molecule has 6 nitrogen and oxygen atoms in total. The number of halogens is 2. The van der Waals surface area contributed by atoms with Crippen LogP contribution in [0.2, 0.25) is 10.0 Å². The smallest absolute Gasteiger partial charge is 0.270 e. The van der Waals surface area contributed by atoms with Crippen molar-refractivity contribution in [3.05, 3.63) is 64.3 Å². The zero-order chi connectivity index (χ0) is 18.5. The number of aromatic amines is 1. The van der Waals surface area contributed by atoms with E-state index in [1.807, 2.05) is 24.3 Å². The Kier molecular flexibility index (Phi) is 5.55. The predicted molar refractivity (Wildman–Crippen MR) is 102 cm³/mol. The monoisotopic (exact) mass is 389 g/mol. The number of fused-ring (bicyclic) bond motifs is 1. The minimum atomic E-state index is -0.525. The van der Waals surface area contributed by atoms with Gasteiger partial charge >= 0.3 is 0 Å². The third-order valence-corrected chi connectivity index (χ3v) is 4.26. The van der Waals surface area contributed by atoms with Crippen molar-refractivity contribution in [2.45, 2.75) is 0 Å². The third-order valence-electron chi connectivity index (χ3n) is 3.52. The van der Waals surface area contributed by atoms with E-state index in [-0.39, 0.29) is 12.4 Å². The molecule has 0 saturated heterocycles. The van der Waals surface area contributed by atoms with E-state index >= 15 is 0 Å². The first-order valence-corrected chi connectivity index (χ1v) is 8.31. The number of carbonyl (C=O) groups excluding carboxylic acids is 2. The highest BCUT2D eigenvalue weighted by atomic mass is 35.5. The summed E-state index contributed by atoms with van der Waals surface area (Å²) < 4.78 is 0. The molecule has 8 heteroatoms. The van der Waals surface area contributed by atoms with E-state index in [0.717, 1.165) is 17.1 Å². The molecule has 0 spiro atoms. The quantitative estimate of drug-likeness (QED) is 0.374. The lowest BCUT2D eigenvalue weighted by molar-refractivity contribution is -0.110. The number of para-hydroxylation sites is 1. The zero-order valence-electron chi connectivity index (χ0n) is 13.3. The van der Waals surface area contributed by atoms with E-state index in [4.69, 9.17) is 28.0 Å². The molecule has 1 amide bonds. The largest absolute Gasteiger partial charge is 0.387 e. The normalized spacial score (nSPS) is 11.0. The maximum Gasteiger partial charge on any atom is 0.270 e. The standard InChI is InChI=1S/C18H13Cl2N3O3/c19-14-6-5-11(7-15(14)20)23-18(25)9-22-26-10-17(24)13-8-21-16-4-2-1-3-12(13)16/h1-9,21H,10H2,(H,23,25)/b22-9-. The number of rotatable bonds is 6. The molecular weight excluding hydrogens is 377 g/mol. The molecule has 2 N–H and O–H groups in total. The lowest BCUT2D eigenvalue weighted by Gasteiger charge is -2.03. The van der Waals surface area contributed by atoms with Gasteiger partial charge in [0, 0.05) is 28.4 Å². The fourth-order valence-electron chi connectivity index (χ4n) is 2.31. The maximum atomic E-state index is 12.2. The Bertz CT molecular complexity index is 998. The van der Waals surface area contributed by atoms with E-state index in [9.17, 15) is 9.59 Å². The third kappa shape index (κ3) is 4.22. The summed E-state index contributed by atoms with van der Waals surface area (Å²) in [7, 11) is 0. The van der Waals surface area contributed by atoms with Gasteiger partial charge in [0.1, 0.15) is 6.21 Å². The van der Waals surface area contributed by atoms with E-state index < -0.39 is 5.91 Å². The molecular formula is C18H13Cl2N3O3. The molecule has 26 heavy (non-hydrogen) atoms. The van der Waals surface area contributed by atoms with Gasteiger partial charge in [0.25, 0.3) is 5.91 Å². The molecule has 0 radical (unpaired) electrons. The molecule has 0 aliphatic rings. The fourth-order valence-corrected chi connectivity index (χ4v) is 2.61. The van der Waals surface area contributed by atoms with Gasteiger partial charge < -0.3 is 15.1 Å². The van der Waals surface area contributed by atoms with Crippen molar-refractivity contribution < 1.29 is 14.4 Å². The second-order valence-corrected chi connectivity index (χ2v) is 6.11. The number of benzene rings is 2. The van der Waals surface area contributed by atoms with Crippen molar-refractivity contribution >= 4 is 57.7 Å². The summed E-state index contributed by atoms with van der Waals surface area (Å²) in [5, 5.41) is 7.57. The average molecular weight is 390 g/mol. The van der Waals surface area contributed by atoms with Gasteiger partial charge in [-0.15, -0.1) is 0 Å². The number of hydrogen-bond donors (Lipinski definition) is 2. The lowest BCUT2D eigenvalue weighted by Crippen LogP contribution is -2.13. The first-order chi connectivity index (χ1) is 12.5. The van der Waals surface area contributed by atoms with Gasteiger partial charge in [-0.1, -0.05) is 46.6 Å². The Morgan fingerprint density at radius 2 is 1.96 bits per heavy atom. The summed E-state index contributed by atoms with van der Waals surface area (Å²) in [6, 6.07) is 12.1. The van der Waals surface area contributed by atoms with Gasteiger partial charge in [-0.25, -0.2) is 0 Å². The molecule has 0 fully saturated rings. The van der Waals surface area contributed by atoms with Gasteiger partial charge in [-0.2, -0.15) is 0 Å². The molecule has 0 atom stereocenters. The van der Waals surface area contributed by atoms with Crippen LogP contribution in [0.4, 0.5) is 5.69 Å². The van der Waals surface area contributed by atoms with Crippen LogP contribution >= 0.6 is 23.2 Å². The fraction of sp³-hybridized carbons (Fsp3) is 0.0556. The predicted octanol–water partition coefficient (Wildman–Crippen LogP) is 4.30. The number of Topliss-reactive ketones (excluding diaryl/α,β-unsaturated/α-hetero) is 1. The minimum Gasteiger partial charge on any atom is -0.387 e. The van der Waals surface area contributed by atoms with Crippen molar-refractivity contribution in [3.8, 4) is 0 Å². The van der Waals surface area contributed by atoms with Crippen molar-refractivity contribution in [2.24, 2.45) is 5.16 Å². The summed E-state index contributed by atoms with van der Waals surface area (Å²) in [6.07, 6.45) is 2.56. The number of oxime groups is 1. The highest BCUT2D eigenvalue weighted by molar-refractivity contribution is 6.42. The van der Waals surface area contributed by atoms with Crippen LogP contribution in [0.5, 0.6) is 0 Å². The van der Waals surface area contributed by atoms with Crippen LogP contribution in [-0.2, 0) is 9.63 Å². The van der Waals surface area contributed by atoms with Crippen LogP contribution in [0.1, 0.15) is 10.4 Å². The van der Waals surface area contributed by atoms with Gasteiger partial charge in [0.2, 0.25) is 5.78 Å². The number of ketones is 1. The Hall–Kier alpha value is -2.83. The molecule has 0 saturated carbocycles. The summed E-state index contributed by atoms with van der Waals surface area (Å²) in [6.45, 7) is -0.279.